The fraction of sp³-hybridized carbons (Fsp3) is 0.182. The number of nitrogen functional groups attached to an aromatic ring is 1. The van der Waals surface area contributed by atoms with Gasteiger partial charge in [0.2, 0.25) is 0 Å². The molecular weight excluding hydrogens is 350 g/mol. The minimum atomic E-state index is 0.663. The molecule has 1 aromatic carbocycles. The molecule has 0 aliphatic rings. The fourth-order valence-electron chi connectivity index (χ4n) is 3.09. The predicted octanol–water partition coefficient (Wildman–Crippen LogP) is 4.59. The van der Waals surface area contributed by atoms with Crippen LogP contribution < -0.4 is 11.1 Å². The molecule has 6 nitrogen and oxygen atoms in total. The summed E-state index contributed by atoms with van der Waals surface area (Å²) in [5, 5.41) is 8.08. The van der Waals surface area contributed by atoms with E-state index < -0.39 is 0 Å². The summed E-state index contributed by atoms with van der Waals surface area (Å²) in [4.78, 5) is 4.13. The van der Waals surface area contributed by atoms with Gasteiger partial charge in [0.25, 0.3) is 0 Å². The zero-order valence-corrected chi connectivity index (χ0v) is 16.0. The van der Waals surface area contributed by atoms with E-state index in [2.05, 4.69) is 23.3 Å². The minimum absolute atomic E-state index is 0.663. The van der Waals surface area contributed by atoms with Crippen LogP contribution in [0.25, 0.3) is 17.1 Å². The highest BCUT2D eigenvalue weighted by molar-refractivity contribution is 5.70. The zero-order valence-electron chi connectivity index (χ0n) is 16.0. The third kappa shape index (κ3) is 3.62. The maximum atomic E-state index is 6.31. The predicted molar refractivity (Wildman–Crippen MR) is 111 cm³/mol. The first kappa shape index (κ1) is 17.9. The minimum Gasteiger partial charge on any atom is -0.460 e. The second-order valence-corrected chi connectivity index (χ2v) is 6.68. The molecule has 0 spiro atoms. The average Bonchev–Trinajstić information content (AvgIpc) is 3.34. The Balaban J connectivity index is 1.63. The number of nitrogens with two attached hydrogens (primary N) is 1. The average molecular weight is 373 g/mol. The van der Waals surface area contributed by atoms with E-state index in [1.54, 1.807) is 6.20 Å². The first-order chi connectivity index (χ1) is 13.6. The van der Waals surface area contributed by atoms with Crippen molar-refractivity contribution in [2.24, 2.45) is 0 Å². The number of nitrogens with zero attached hydrogens (tertiary/aromatic N) is 3. The Kier molecular flexibility index (Phi) is 4.85. The third-order valence-electron chi connectivity index (χ3n) is 4.60. The van der Waals surface area contributed by atoms with Gasteiger partial charge in [0.05, 0.1) is 22.8 Å². The number of rotatable bonds is 6. The molecule has 0 amide bonds. The van der Waals surface area contributed by atoms with Gasteiger partial charge in [-0.1, -0.05) is 13.0 Å². The molecule has 142 valence electrons. The number of anilines is 2. The Morgan fingerprint density at radius 2 is 2.04 bits per heavy atom. The molecule has 0 saturated heterocycles. The normalized spacial score (nSPS) is 10.9. The van der Waals surface area contributed by atoms with Crippen LogP contribution in [0.4, 0.5) is 11.4 Å². The monoisotopic (exact) mass is 373 g/mol. The lowest BCUT2D eigenvalue weighted by Crippen LogP contribution is -2.05. The summed E-state index contributed by atoms with van der Waals surface area (Å²) < 4.78 is 7.71. The van der Waals surface area contributed by atoms with E-state index in [0.717, 1.165) is 46.3 Å². The molecule has 28 heavy (non-hydrogen) atoms. The first-order valence-electron chi connectivity index (χ1n) is 9.32. The quantitative estimate of drug-likeness (QED) is 0.483. The van der Waals surface area contributed by atoms with Gasteiger partial charge < -0.3 is 15.5 Å². The molecule has 0 atom stereocenters. The van der Waals surface area contributed by atoms with E-state index in [0.29, 0.717) is 12.2 Å². The smallest absolute Gasteiger partial charge is 0.152 e. The largest absolute Gasteiger partial charge is 0.460 e. The molecule has 4 aromatic rings. The summed E-state index contributed by atoms with van der Waals surface area (Å²) in [6.07, 6.45) is 4.45. The highest BCUT2D eigenvalue weighted by Crippen LogP contribution is 2.29. The molecule has 0 bridgehead atoms. The number of pyridine rings is 1. The van der Waals surface area contributed by atoms with E-state index in [-0.39, 0.29) is 0 Å². The van der Waals surface area contributed by atoms with Crippen LogP contribution in [-0.4, -0.2) is 14.8 Å². The Bertz CT molecular complexity index is 1080. The van der Waals surface area contributed by atoms with E-state index in [4.69, 9.17) is 15.2 Å². The third-order valence-corrected chi connectivity index (χ3v) is 4.60. The van der Waals surface area contributed by atoms with Crippen molar-refractivity contribution in [3.8, 4) is 17.1 Å². The standard InChI is InChI=1S/C22H23N5O/c1-3-17-11-21(22-9-6-15(2)28-22)27(26-17)18-7-8-20(19(23)12-18)25-14-16-5-4-10-24-13-16/h4-13,25H,3,14,23H2,1-2H3. The molecule has 4 rings (SSSR count). The van der Waals surface area contributed by atoms with Crippen LogP contribution in [0.5, 0.6) is 0 Å². The molecule has 0 fully saturated rings. The van der Waals surface area contributed by atoms with Gasteiger partial charge in [0.1, 0.15) is 11.5 Å². The number of hydrogen-bond donors (Lipinski definition) is 2. The number of aromatic nitrogens is 3. The van der Waals surface area contributed by atoms with Crippen molar-refractivity contribution in [3.63, 3.8) is 0 Å². The van der Waals surface area contributed by atoms with Crippen LogP contribution in [0, 0.1) is 6.92 Å². The highest BCUT2D eigenvalue weighted by Gasteiger charge is 2.15. The van der Waals surface area contributed by atoms with E-state index in [1.165, 1.54) is 0 Å². The van der Waals surface area contributed by atoms with Crippen molar-refractivity contribution in [1.82, 2.24) is 14.8 Å². The van der Waals surface area contributed by atoms with Gasteiger partial charge in [0.15, 0.2) is 5.76 Å². The summed E-state index contributed by atoms with van der Waals surface area (Å²) in [7, 11) is 0. The van der Waals surface area contributed by atoms with Gasteiger partial charge >= 0.3 is 0 Å². The number of furan rings is 1. The van der Waals surface area contributed by atoms with Gasteiger partial charge in [-0.15, -0.1) is 0 Å². The lowest BCUT2D eigenvalue weighted by molar-refractivity contribution is 0.544. The van der Waals surface area contributed by atoms with Crippen molar-refractivity contribution >= 4 is 11.4 Å². The molecule has 0 aliphatic heterocycles. The summed E-state index contributed by atoms with van der Waals surface area (Å²) in [6, 6.07) is 15.8. The highest BCUT2D eigenvalue weighted by atomic mass is 16.3. The van der Waals surface area contributed by atoms with Crippen LogP contribution in [0.3, 0.4) is 0 Å². The Morgan fingerprint density at radius 1 is 1.14 bits per heavy atom. The summed E-state index contributed by atoms with van der Waals surface area (Å²) >= 11 is 0. The van der Waals surface area contributed by atoms with Crippen LogP contribution >= 0.6 is 0 Å². The van der Waals surface area contributed by atoms with Crippen LogP contribution in [0.15, 0.2) is 65.3 Å². The molecular formula is C22H23N5O. The van der Waals surface area contributed by atoms with E-state index in [9.17, 15) is 0 Å². The Morgan fingerprint density at radius 3 is 2.71 bits per heavy atom. The molecule has 3 heterocycles. The summed E-state index contributed by atoms with van der Waals surface area (Å²) in [5.74, 6) is 1.66. The van der Waals surface area contributed by atoms with Gasteiger partial charge in [-0.05, 0) is 61.4 Å². The molecule has 6 heteroatoms. The number of nitrogens with one attached hydrogen (secondary N) is 1. The van der Waals surface area contributed by atoms with Crippen molar-refractivity contribution in [2.75, 3.05) is 11.1 Å². The van der Waals surface area contributed by atoms with E-state index in [1.807, 2.05) is 60.3 Å². The van der Waals surface area contributed by atoms with Crippen LogP contribution in [0.1, 0.15) is 23.9 Å². The zero-order chi connectivity index (χ0) is 19.5. The molecule has 0 saturated carbocycles. The van der Waals surface area contributed by atoms with Gasteiger partial charge in [0, 0.05) is 18.9 Å². The Labute approximate surface area is 164 Å². The van der Waals surface area contributed by atoms with Gasteiger partial charge in [-0.3, -0.25) is 4.98 Å². The van der Waals surface area contributed by atoms with Crippen molar-refractivity contribution in [2.45, 2.75) is 26.8 Å². The van der Waals surface area contributed by atoms with Crippen LogP contribution in [0.2, 0.25) is 0 Å². The lowest BCUT2D eigenvalue weighted by atomic mass is 10.2. The van der Waals surface area contributed by atoms with Gasteiger partial charge in [-0.25, -0.2) is 4.68 Å². The van der Waals surface area contributed by atoms with Crippen molar-refractivity contribution in [3.05, 3.63) is 77.9 Å². The second-order valence-electron chi connectivity index (χ2n) is 6.68. The summed E-state index contributed by atoms with van der Waals surface area (Å²) in [5.41, 5.74) is 11.8. The van der Waals surface area contributed by atoms with Crippen molar-refractivity contribution in [1.29, 1.82) is 0 Å². The Hall–Kier alpha value is -3.54. The second kappa shape index (κ2) is 7.60. The first-order valence-corrected chi connectivity index (χ1v) is 9.32. The molecule has 3 N–H and O–H groups in total. The molecule has 0 unspecified atom stereocenters. The van der Waals surface area contributed by atoms with E-state index >= 15 is 0 Å². The molecule has 0 aliphatic carbocycles. The maximum Gasteiger partial charge on any atom is 0.152 e. The molecule has 0 radical (unpaired) electrons. The molecule has 3 aromatic heterocycles. The van der Waals surface area contributed by atoms with Crippen molar-refractivity contribution < 1.29 is 4.42 Å². The van der Waals surface area contributed by atoms with Crippen LogP contribution in [-0.2, 0) is 13.0 Å². The number of benzene rings is 1. The number of aryl methyl sites for hydroxylation is 2. The lowest BCUT2D eigenvalue weighted by Gasteiger charge is -2.12. The van der Waals surface area contributed by atoms with Gasteiger partial charge in [-0.2, -0.15) is 5.10 Å². The summed E-state index contributed by atoms with van der Waals surface area (Å²) in [6.45, 7) is 4.69. The SMILES string of the molecule is CCc1cc(-c2ccc(C)o2)n(-c2ccc(NCc3cccnc3)c(N)c2)n1. The number of hydrogen-bond acceptors (Lipinski definition) is 5. The topological polar surface area (TPSA) is 81.9 Å². The maximum absolute atomic E-state index is 6.31. The fourth-order valence-corrected chi connectivity index (χ4v) is 3.09.